The Bertz CT molecular complexity index is 383. The maximum atomic E-state index is 13.2. The molecular formula is C10H7ClFN. The molecule has 0 N–H and O–H groups in total. The fraction of sp³-hybridized carbons (Fsp3) is 0.300. The molecule has 0 radical (unpaired) electrons. The van der Waals surface area contributed by atoms with Gasteiger partial charge in [-0.05, 0) is 30.2 Å². The number of hydrogen-bond donors (Lipinski definition) is 0. The van der Waals surface area contributed by atoms with E-state index in [4.69, 9.17) is 16.9 Å². The highest BCUT2D eigenvalue weighted by molar-refractivity contribution is 6.30. The van der Waals surface area contributed by atoms with Crippen molar-refractivity contribution in [2.75, 3.05) is 0 Å². The molecule has 1 aliphatic rings. The van der Waals surface area contributed by atoms with Crippen LogP contribution in [0.5, 0.6) is 0 Å². The van der Waals surface area contributed by atoms with Gasteiger partial charge in [0.25, 0.3) is 0 Å². The largest absolute Gasteiger partial charge is 0.207 e. The van der Waals surface area contributed by atoms with E-state index in [1.807, 2.05) is 0 Å². The van der Waals surface area contributed by atoms with Crippen molar-refractivity contribution in [3.8, 4) is 6.07 Å². The van der Waals surface area contributed by atoms with Crippen molar-refractivity contribution in [3.05, 3.63) is 34.6 Å². The second-order valence-corrected chi connectivity index (χ2v) is 3.68. The van der Waals surface area contributed by atoms with Crippen molar-refractivity contribution in [1.82, 2.24) is 0 Å². The summed E-state index contributed by atoms with van der Waals surface area (Å²) >= 11 is 5.73. The van der Waals surface area contributed by atoms with Crippen molar-refractivity contribution in [2.45, 2.75) is 12.3 Å². The molecule has 1 saturated carbocycles. The van der Waals surface area contributed by atoms with Crippen LogP contribution in [0.4, 0.5) is 4.39 Å². The minimum Gasteiger partial charge on any atom is -0.207 e. The van der Waals surface area contributed by atoms with Crippen molar-refractivity contribution in [3.63, 3.8) is 0 Å². The Morgan fingerprint density at radius 2 is 2.31 bits per heavy atom. The molecule has 66 valence electrons. The molecule has 1 aromatic carbocycles. The maximum Gasteiger partial charge on any atom is 0.126 e. The molecule has 3 heteroatoms. The zero-order chi connectivity index (χ0) is 9.42. The fourth-order valence-corrected chi connectivity index (χ4v) is 1.66. The zero-order valence-electron chi connectivity index (χ0n) is 6.80. The molecule has 2 atom stereocenters. The number of hydrogen-bond acceptors (Lipinski definition) is 1. The summed E-state index contributed by atoms with van der Waals surface area (Å²) in [6.07, 6.45) is 0.758. The van der Waals surface area contributed by atoms with Gasteiger partial charge < -0.3 is 0 Å². The lowest BCUT2D eigenvalue weighted by Crippen LogP contribution is -1.88. The maximum absolute atomic E-state index is 13.2. The summed E-state index contributed by atoms with van der Waals surface area (Å²) in [5, 5.41) is 9.12. The van der Waals surface area contributed by atoms with Crippen molar-refractivity contribution < 1.29 is 4.39 Å². The average molecular weight is 196 g/mol. The topological polar surface area (TPSA) is 23.8 Å². The first-order valence-electron chi connectivity index (χ1n) is 4.07. The Balaban J connectivity index is 2.32. The van der Waals surface area contributed by atoms with Gasteiger partial charge in [0, 0.05) is 10.9 Å². The third-order valence-electron chi connectivity index (χ3n) is 2.31. The summed E-state index contributed by atoms with van der Waals surface area (Å²) in [4.78, 5) is 0. The van der Waals surface area contributed by atoms with E-state index >= 15 is 0 Å². The number of nitriles is 1. The van der Waals surface area contributed by atoms with Gasteiger partial charge in [-0.2, -0.15) is 5.26 Å². The molecule has 2 unspecified atom stereocenters. The molecule has 1 aromatic rings. The summed E-state index contributed by atoms with van der Waals surface area (Å²) in [5.41, 5.74) is 0.582. The molecule has 1 nitrogen and oxygen atoms in total. The van der Waals surface area contributed by atoms with Crippen LogP contribution in [-0.4, -0.2) is 0 Å². The van der Waals surface area contributed by atoms with Crippen LogP contribution in [0.25, 0.3) is 0 Å². The first kappa shape index (κ1) is 8.52. The molecule has 13 heavy (non-hydrogen) atoms. The SMILES string of the molecule is N#CC1CC1c1cc(Cl)ccc1F. The summed E-state index contributed by atoms with van der Waals surface area (Å²) in [6.45, 7) is 0. The molecule has 0 aliphatic heterocycles. The highest BCUT2D eigenvalue weighted by Crippen LogP contribution is 2.48. The van der Waals surface area contributed by atoms with Gasteiger partial charge in [-0.3, -0.25) is 0 Å². The molecule has 0 aromatic heterocycles. The number of nitrogens with zero attached hydrogens (tertiary/aromatic N) is 1. The summed E-state index contributed by atoms with van der Waals surface area (Å²) in [6, 6.07) is 6.60. The first-order valence-corrected chi connectivity index (χ1v) is 4.44. The molecule has 2 rings (SSSR count). The van der Waals surface area contributed by atoms with E-state index in [1.165, 1.54) is 12.1 Å². The molecule has 0 amide bonds. The van der Waals surface area contributed by atoms with Gasteiger partial charge in [-0.15, -0.1) is 0 Å². The number of benzene rings is 1. The third kappa shape index (κ3) is 1.52. The monoisotopic (exact) mass is 195 g/mol. The lowest BCUT2D eigenvalue weighted by Gasteiger charge is -2.00. The summed E-state index contributed by atoms with van der Waals surface area (Å²) in [5.74, 6) is -0.219. The Labute approximate surface area is 80.7 Å². The van der Waals surface area contributed by atoms with Gasteiger partial charge in [-0.25, -0.2) is 4.39 Å². The van der Waals surface area contributed by atoms with Gasteiger partial charge in [-0.1, -0.05) is 11.6 Å². The van der Waals surface area contributed by atoms with Crippen LogP contribution < -0.4 is 0 Å². The van der Waals surface area contributed by atoms with Crippen LogP contribution >= 0.6 is 11.6 Å². The Hall–Kier alpha value is -1.07. The zero-order valence-corrected chi connectivity index (χ0v) is 7.55. The van der Waals surface area contributed by atoms with Crippen molar-refractivity contribution >= 4 is 11.6 Å². The molecule has 0 bridgehead atoms. The van der Waals surface area contributed by atoms with Gasteiger partial charge in [0.15, 0.2) is 0 Å². The fourth-order valence-electron chi connectivity index (χ4n) is 1.48. The molecular weight excluding hydrogens is 189 g/mol. The summed E-state index contributed by atoms with van der Waals surface area (Å²) < 4.78 is 13.2. The normalized spacial score (nSPS) is 25.3. The Kier molecular flexibility index (Phi) is 1.97. The first-order chi connectivity index (χ1) is 6.22. The Morgan fingerprint density at radius 3 is 2.92 bits per heavy atom. The lowest BCUT2D eigenvalue weighted by molar-refractivity contribution is 0.609. The third-order valence-corrected chi connectivity index (χ3v) is 2.55. The minimum atomic E-state index is -0.257. The van der Waals surface area contributed by atoms with E-state index in [0.717, 1.165) is 6.42 Å². The van der Waals surface area contributed by atoms with E-state index in [9.17, 15) is 4.39 Å². The Morgan fingerprint density at radius 1 is 1.54 bits per heavy atom. The van der Waals surface area contributed by atoms with Crippen LogP contribution in [0.15, 0.2) is 18.2 Å². The van der Waals surface area contributed by atoms with E-state index in [2.05, 4.69) is 6.07 Å². The molecule has 0 saturated heterocycles. The molecule has 1 fully saturated rings. The second-order valence-electron chi connectivity index (χ2n) is 3.24. The average Bonchev–Trinajstić information content (AvgIpc) is 2.88. The van der Waals surface area contributed by atoms with Crippen LogP contribution in [-0.2, 0) is 0 Å². The van der Waals surface area contributed by atoms with E-state index < -0.39 is 0 Å². The van der Waals surface area contributed by atoms with E-state index in [1.54, 1.807) is 6.07 Å². The van der Waals surface area contributed by atoms with Crippen molar-refractivity contribution in [1.29, 1.82) is 5.26 Å². The van der Waals surface area contributed by atoms with E-state index in [-0.39, 0.29) is 17.7 Å². The molecule has 1 aliphatic carbocycles. The van der Waals surface area contributed by atoms with Crippen molar-refractivity contribution in [2.24, 2.45) is 5.92 Å². The molecule has 0 spiro atoms. The van der Waals surface area contributed by atoms with Crippen LogP contribution in [0, 0.1) is 23.1 Å². The standard InChI is InChI=1S/C10H7ClFN/c11-7-1-2-10(12)9(4-7)8-3-6(8)5-13/h1-2,4,6,8H,3H2. The number of halogens is 2. The highest BCUT2D eigenvalue weighted by atomic mass is 35.5. The van der Waals surface area contributed by atoms with Gasteiger partial charge in [0.05, 0.1) is 12.0 Å². The lowest BCUT2D eigenvalue weighted by atomic mass is 10.1. The molecule has 0 heterocycles. The van der Waals surface area contributed by atoms with Crippen LogP contribution in [0.1, 0.15) is 17.9 Å². The minimum absolute atomic E-state index is 0.0204. The second kappa shape index (κ2) is 3.01. The predicted molar refractivity (Wildman–Crippen MR) is 47.9 cm³/mol. The highest BCUT2D eigenvalue weighted by Gasteiger charge is 2.40. The van der Waals surface area contributed by atoms with Gasteiger partial charge >= 0.3 is 0 Å². The van der Waals surface area contributed by atoms with Gasteiger partial charge in [0.2, 0.25) is 0 Å². The smallest absolute Gasteiger partial charge is 0.126 e. The van der Waals surface area contributed by atoms with E-state index in [0.29, 0.717) is 10.6 Å². The van der Waals surface area contributed by atoms with Crippen LogP contribution in [0.2, 0.25) is 5.02 Å². The predicted octanol–water partition coefficient (Wildman–Crippen LogP) is 3.11. The number of rotatable bonds is 1. The van der Waals surface area contributed by atoms with Crippen LogP contribution in [0.3, 0.4) is 0 Å². The summed E-state index contributed by atoms with van der Waals surface area (Å²) in [7, 11) is 0. The quantitative estimate of drug-likeness (QED) is 0.676. The van der Waals surface area contributed by atoms with Gasteiger partial charge in [0.1, 0.15) is 5.82 Å².